The average molecular weight is 215 g/mol. The molecule has 1 amide bonds. The van der Waals surface area contributed by atoms with Gasteiger partial charge >= 0.3 is 0 Å². The van der Waals surface area contributed by atoms with Crippen molar-refractivity contribution in [2.24, 2.45) is 5.92 Å². The van der Waals surface area contributed by atoms with E-state index in [2.05, 4.69) is 6.58 Å². The third-order valence-electron chi connectivity index (χ3n) is 2.84. The molecule has 1 heterocycles. The summed E-state index contributed by atoms with van der Waals surface area (Å²) in [5.74, 6) is -0.751. The van der Waals surface area contributed by atoms with Crippen LogP contribution in [-0.4, -0.2) is 23.1 Å². The molecule has 0 saturated carbocycles. The molecule has 1 aromatic carbocycles. The first-order chi connectivity index (χ1) is 7.74. The minimum atomic E-state index is -0.527. The summed E-state index contributed by atoms with van der Waals surface area (Å²) in [6.07, 6.45) is 2.07. The van der Waals surface area contributed by atoms with Gasteiger partial charge in [-0.2, -0.15) is 0 Å². The molecular weight excluding hydrogens is 202 g/mol. The van der Waals surface area contributed by atoms with Crippen LogP contribution in [0.25, 0.3) is 0 Å². The lowest BCUT2D eigenvalue weighted by molar-refractivity contribution is -0.127. The maximum Gasteiger partial charge on any atom is 0.237 e. The van der Waals surface area contributed by atoms with Crippen molar-refractivity contribution < 1.29 is 9.59 Å². The zero-order chi connectivity index (χ0) is 11.5. The van der Waals surface area contributed by atoms with Crippen LogP contribution < -0.4 is 0 Å². The molecule has 3 nitrogen and oxygen atoms in total. The van der Waals surface area contributed by atoms with E-state index in [1.807, 2.05) is 6.07 Å². The van der Waals surface area contributed by atoms with Gasteiger partial charge in [0.05, 0.1) is 0 Å². The van der Waals surface area contributed by atoms with E-state index in [9.17, 15) is 9.59 Å². The Balaban J connectivity index is 2.19. The summed E-state index contributed by atoms with van der Waals surface area (Å²) in [4.78, 5) is 25.3. The van der Waals surface area contributed by atoms with Crippen molar-refractivity contribution in [1.82, 2.24) is 4.90 Å². The second-order valence-electron chi connectivity index (χ2n) is 3.79. The molecule has 0 aromatic heterocycles. The largest absolute Gasteiger partial charge is 0.319 e. The van der Waals surface area contributed by atoms with Gasteiger partial charge < -0.3 is 4.90 Å². The first-order valence-corrected chi connectivity index (χ1v) is 5.26. The van der Waals surface area contributed by atoms with Crippen LogP contribution >= 0.6 is 0 Å². The number of hydrogen-bond donors (Lipinski definition) is 0. The predicted octanol–water partition coefficient (Wildman–Crippen LogP) is 1.86. The van der Waals surface area contributed by atoms with Crippen molar-refractivity contribution in [2.45, 2.75) is 6.42 Å². The zero-order valence-electron chi connectivity index (χ0n) is 8.93. The summed E-state index contributed by atoms with van der Waals surface area (Å²) in [6, 6.07) is 8.94. The highest BCUT2D eigenvalue weighted by Crippen LogP contribution is 2.22. The molecule has 1 atom stereocenters. The molecule has 3 heteroatoms. The molecule has 1 aromatic rings. The highest BCUT2D eigenvalue weighted by molar-refractivity contribution is 6.11. The summed E-state index contributed by atoms with van der Waals surface area (Å²) in [6.45, 7) is 4.14. The van der Waals surface area contributed by atoms with Crippen LogP contribution in [0.4, 0.5) is 0 Å². The highest BCUT2D eigenvalue weighted by Gasteiger charge is 2.35. The van der Waals surface area contributed by atoms with E-state index in [4.69, 9.17) is 0 Å². The fourth-order valence-corrected chi connectivity index (χ4v) is 1.93. The van der Waals surface area contributed by atoms with Crippen molar-refractivity contribution in [3.05, 3.63) is 48.7 Å². The Kier molecular flexibility index (Phi) is 2.86. The van der Waals surface area contributed by atoms with E-state index in [0.717, 1.165) is 0 Å². The maximum atomic E-state index is 12.0. The topological polar surface area (TPSA) is 37.4 Å². The van der Waals surface area contributed by atoms with Crippen LogP contribution in [0.3, 0.4) is 0 Å². The van der Waals surface area contributed by atoms with Gasteiger partial charge in [0.2, 0.25) is 5.91 Å². The number of Topliss-reactive ketones (excluding diaryl/α,β-unsaturated/α-hetero) is 1. The van der Waals surface area contributed by atoms with Gasteiger partial charge in [-0.1, -0.05) is 36.9 Å². The SMILES string of the molecule is C=CN1CC[C@H](C(=O)c2ccccc2)C1=O. The minimum Gasteiger partial charge on any atom is -0.319 e. The minimum absolute atomic E-state index is 0.0880. The Bertz CT molecular complexity index is 425. The second kappa shape index (κ2) is 4.31. The first kappa shape index (κ1) is 10.6. The average Bonchev–Trinajstić information content (AvgIpc) is 2.70. The van der Waals surface area contributed by atoms with Gasteiger partial charge in [-0.05, 0) is 12.6 Å². The van der Waals surface area contributed by atoms with Crippen molar-refractivity contribution in [1.29, 1.82) is 0 Å². The number of likely N-dealkylation sites (tertiary alicyclic amines) is 1. The number of ketones is 1. The third-order valence-corrected chi connectivity index (χ3v) is 2.84. The van der Waals surface area contributed by atoms with Gasteiger partial charge in [0.15, 0.2) is 5.78 Å². The summed E-state index contributed by atoms with van der Waals surface area (Å²) in [5, 5.41) is 0. The molecule has 0 spiro atoms. The van der Waals surface area contributed by atoms with Crippen LogP contribution in [0.5, 0.6) is 0 Å². The number of carbonyl (C=O) groups excluding carboxylic acids is 2. The predicted molar refractivity (Wildman–Crippen MR) is 60.8 cm³/mol. The van der Waals surface area contributed by atoms with E-state index in [0.29, 0.717) is 18.5 Å². The molecule has 1 saturated heterocycles. The number of benzene rings is 1. The molecule has 0 radical (unpaired) electrons. The van der Waals surface area contributed by atoms with Gasteiger partial charge in [-0.25, -0.2) is 0 Å². The Morgan fingerprint density at radius 3 is 2.62 bits per heavy atom. The van der Waals surface area contributed by atoms with E-state index >= 15 is 0 Å². The van der Waals surface area contributed by atoms with Crippen LogP contribution in [-0.2, 0) is 4.79 Å². The number of carbonyl (C=O) groups is 2. The van der Waals surface area contributed by atoms with Crippen LogP contribution in [0.15, 0.2) is 43.1 Å². The van der Waals surface area contributed by atoms with Gasteiger partial charge in [-0.15, -0.1) is 0 Å². The van der Waals surface area contributed by atoms with E-state index in [1.165, 1.54) is 11.1 Å². The lowest BCUT2D eigenvalue weighted by Crippen LogP contribution is -2.26. The molecule has 1 aliphatic rings. The van der Waals surface area contributed by atoms with Crippen LogP contribution in [0.2, 0.25) is 0 Å². The zero-order valence-corrected chi connectivity index (χ0v) is 8.93. The number of nitrogens with zero attached hydrogens (tertiary/aromatic N) is 1. The second-order valence-corrected chi connectivity index (χ2v) is 3.79. The summed E-state index contributed by atoms with van der Waals surface area (Å²) >= 11 is 0. The van der Waals surface area contributed by atoms with E-state index in [1.54, 1.807) is 24.3 Å². The van der Waals surface area contributed by atoms with Crippen molar-refractivity contribution in [3.63, 3.8) is 0 Å². The van der Waals surface area contributed by atoms with Crippen molar-refractivity contribution in [2.75, 3.05) is 6.54 Å². The summed E-state index contributed by atoms with van der Waals surface area (Å²) in [5.41, 5.74) is 0.603. The number of amides is 1. The standard InChI is InChI=1S/C13H13NO2/c1-2-14-9-8-11(13(14)16)12(15)10-6-4-3-5-7-10/h2-7,11H,1,8-9H2/t11-/m1/s1. The fraction of sp³-hybridized carbons (Fsp3) is 0.231. The molecule has 0 N–H and O–H groups in total. The van der Waals surface area contributed by atoms with Gasteiger partial charge in [0.1, 0.15) is 5.92 Å². The van der Waals surface area contributed by atoms with Gasteiger partial charge in [0, 0.05) is 12.1 Å². The Morgan fingerprint density at radius 2 is 2.06 bits per heavy atom. The van der Waals surface area contributed by atoms with E-state index in [-0.39, 0.29) is 11.7 Å². The first-order valence-electron chi connectivity index (χ1n) is 5.26. The quantitative estimate of drug-likeness (QED) is 0.570. The molecule has 2 rings (SSSR count). The molecule has 0 bridgehead atoms. The number of rotatable bonds is 3. The fourth-order valence-electron chi connectivity index (χ4n) is 1.93. The molecular formula is C13H13NO2. The normalized spacial score (nSPS) is 19.9. The Labute approximate surface area is 94.4 Å². The molecule has 82 valence electrons. The molecule has 1 fully saturated rings. The molecule has 0 unspecified atom stereocenters. The Hall–Kier alpha value is -1.90. The lowest BCUT2D eigenvalue weighted by Gasteiger charge is -2.10. The van der Waals surface area contributed by atoms with Crippen molar-refractivity contribution >= 4 is 11.7 Å². The van der Waals surface area contributed by atoms with E-state index < -0.39 is 5.92 Å². The van der Waals surface area contributed by atoms with Crippen molar-refractivity contribution in [3.8, 4) is 0 Å². The monoisotopic (exact) mass is 215 g/mol. The molecule has 16 heavy (non-hydrogen) atoms. The lowest BCUT2D eigenvalue weighted by atomic mass is 9.96. The summed E-state index contributed by atoms with van der Waals surface area (Å²) < 4.78 is 0. The van der Waals surface area contributed by atoms with Crippen LogP contribution in [0, 0.1) is 5.92 Å². The maximum absolute atomic E-state index is 12.0. The Morgan fingerprint density at radius 1 is 1.38 bits per heavy atom. The molecule has 0 aliphatic carbocycles. The highest BCUT2D eigenvalue weighted by atomic mass is 16.2. The number of hydrogen-bond acceptors (Lipinski definition) is 2. The smallest absolute Gasteiger partial charge is 0.237 e. The molecule has 1 aliphatic heterocycles. The van der Waals surface area contributed by atoms with Gasteiger partial charge in [0.25, 0.3) is 0 Å². The van der Waals surface area contributed by atoms with Crippen LogP contribution in [0.1, 0.15) is 16.8 Å². The van der Waals surface area contributed by atoms with Gasteiger partial charge in [-0.3, -0.25) is 9.59 Å². The summed E-state index contributed by atoms with van der Waals surface area (Å²) in [7, 11) is 0. The third kappa shape index (κ3) is 1.76.